The molecule has 6 heteroatoms. The van der Waals surface area contributed by atoms with E-state index in [4.69, 9.17) is 9.47 Å². The van der Waals surface area contributed by atoms with Gasteiger partial charge in [0.05, 0.1) is 12.1 Å². The third-order valence-corrected chi connectivity index (χ3v) is 4.84. The van der Waals surface area contributed by atoms with Gasteiger partial charge in [0, 0.05) is 12.1 Å². The molecule has 2 aliphatic heterocycles. The first-order valence-corrected chi connectivity index (χ1v) is 8.77. The second kappa shape index (κ2) is 6.55. The molecule has 0 saturated heterocycles. The van der Waals surface area contributed by atoms with Crippen LogP contribution in [0.1, 0.15) is 24.5 Å². The van der Waals surface area contributed by atoms with Crippen LogP contribution in [-0.2, 0) is 15.2 Å². The van der Waals surface area contributed by atoms with Gasteiger partial charge in [0.2, 0.25) is 6.79 Å². The number of carbonyl (C=O) groups excluding carboxylic acids is 2. The number of amides is 1. The Kier molecular flexibility index (Phi) is 4.20. The van der Waals surface area contributed by atoms with E-state index in [2.05, 4.69) is 0 Å². The van der Waals surface area contributed by atoms with Crippen LogP contribution in [0.3, 0.4) is 0 Å². The topological polar surface area (TPSA) is 76.1 Å². The molecule has 2 aromatic rings. The fraction of sp³-hybridized carbons (Fsp3) is 0.238. The van der Waals surface area contributed by atoms with Crippen molar-refractivity contribution in [2.45, 2.75) is 18.9 Å². The van der Waals surface area contributed by atoms with Crippen molar-refractivity contribution in [3.63, 3.8) is 0 Å². The SMILES string of the molecule is CCN1C(=O)[C@](O)(CC(=O)/C=C\c2ccc3c(c2)OCO3)c2ccccc21. The highest BCUT2D eigenvalue weighted by Crippen LogP contribution is 2.42. The number of hydrogen-bond acceptors (Lipinski definition) is 5. The quantitative estimate of drug-likeness (QED) is 0.825. The second-order valence-electron chi connectivity index (χ2n) is 6.52. The maximum absolute atomic E-state index is 12.7. The van der Waals surface area contributed by atoms with Crippen LogP contribution in [0.4, 0.5) is 5.69 Å². The number of allylic oxidation sites excluding steroid dienone is 1. The Morgan fingerprint density at radius 2 is 2.00 bits per heavy atom. The summed E-state index contributed by atoms with van der Waals surface area (Å²) in [4.78, 5) is 26.7. The summed E-state index contributed by atoms with van der Waals surface area (Å²) in [6.45, 7) is 2.45. The zero-order valence-corrected chi connectivity index (χ0v) is 14.8. The number of ketones is 1. The number of hydrogen-bond donors (Lipinski definition) is 1. The molecule has 2 heterocycles. The van der Waals surface area contributed by atoms with Crippen molar-refractivity contribution in [3.05, 3.63) is 59.7 Å². The van der Waals surface area contributed by atoms with E-state index in [-0.39, 0.29) is 19.0 Å². The van der Waals surface area contributed by atoms with Crippen LogP contribution in [0.5, 0.6) is 11.5 Å². The van der Waals surface area contributed by atoms with Crippen LogP contribution in [0, 0.1) is 0 Å². The predicted molar refractivity (Wildman–Crippen MR) is 99.6 cm³/mol. The van der Waals surface area contributed by atoms with Crippen LogP contribution in [0.15, 0.2) is 48.5 Å². The minimum absolute atomic E-state index is 0.184. The van der Waals surface area contributed by atoms with Gasteiger partial charge >= 0.3 is 0 Å². The van der Waals surface area contributed by atoms with Crippen LogP contribution in [-0.4, -0.2) is 30.1 Å². The highest BCUT2D eigenvalue weighted by atomic mass is 16.7. The molecule has 0 aliphatic carbocycles. The number of nitrogens with zero attached hydrogens (tertiary/aromatic N) is 1. The maximum Gasteiger partial charge on any atom is 0.264 e. The van der Waals surface area contributed by atoms with Gasteiger partial charge in [-0.15, -0.1) is 0 Å². The fourth-order valence-electron chi connectivity index (χ4n) is 3.51. The third kappa shape index (κ3) is 2.88. The maximum atomic E-state index is 12.7. The molecule has 0 bridgehead atoms. The van der Waals surface area contributed by atoms with E-state index < -0.39 is 11.5 Å². The fourth-order valence-corrected chi connectivity index (χ4v) is 3.51. The number of rotatable bonds is 5. The van der Waals surface area contributed by atoms with Gasteiger partial charge in [-0.1, -0.05) is 30.3 Å². The molecule has 1 atom stereocenters. The minimum Gasteiger partial charge on any atom is -0.454 e. The molecule has 0 unspecified atom stereocenters. The van der Waals surface area contributed by atoms with Crippen molar-refractivity contribution in [1.82, 2.24) is 0 Å². The molecule has 0 spiro atoms. The van der Waals surface area contributed by atoms with E-state index in [1.807, 2.05) is 13.0 Å². The number of likely N-dealkylation sites (N-methyl/N-ethyl adjacent to an activating group) is 1. The second-order valence-corrected chi connectivity index (χ2v) is 6.52. The van der Waals surface area contributed by atoms with E-state index >= 15 is 0 Å². The molecule has 1 N–H and O–H groups in total. The monoisotopic (exact) mass is 365 g/mol. The largest absolute Gasteiger partial charge is 0.454 e. The van der Waals surface area contributed by atoms with Crippen LogP contribution < -0.4 is 14.4 Å². The molecule has 4 rings (SSSR count). The molecule has 0 saturated carbocycles. The van der Waals surface area contributed by atoms with E-state index in [1.54, 1.807) is 42.5 Å². The van der Waals surface area contributed by atoms with Crippen molar-refractivity contribution >= 4 is 23.5 Å². The molecule has 0 fully saturated rings. The molecule has 0 radical (unpaired) electrons. The van der Waals surface area contributed by atoms with E-state index in [0.29, 0.717) is 29.3 Å². The van der Waals surface area contributed by atoms with Crippen molar-refractivity contribution in [1.29, 1.82) is 0 Å². The predicted octanol–water partition coefficient (Wildman–Crippen LogP) is 2.64. The normalized spacial score (nSPS) is 20.4. The minimum atomic E-state index is -1.83. The Morgan fingerprint density at radius 3 is 2.81 bits per heavy atom. The first kappa shape index (κ1) is 17.3. The van der Waals surface area contributed by atoms with Gasteiger partial charge in [-0.3, -0.25) is 9.59 Å². The van der Waals surface area contributed by atoms with Gasteiger partial charge in [0.25, 0.3) is 5.91 Å². The lowest BCUT2D eigenvalue weighted by molar-refractivity contribution is -0.140. The third-order valence-electron chi connectivity index (χ3n) is 4.84. The lowest BCUT2D eigenvalue weighted by Gasteiger charge is -2.21. The summed E-state index contributed by atoms with van der Waals surface area (Å²) < 4.78 is 10.6. The number of ether oxygens (including phenoxy) is 2. The number of aliphatic hydroxyl groups is 1. The molecule has 6 nitrogen and oxygen atoms in total. The number of fused-ring (bicyclic) bond motifs is 2. The molecular formula is C21H19NO5. The van der Waals surface area contributed by atoms with Crippen molar-refractivity contribution < 1.29 is 24.2 Å². The van der Waals surface area contributed by atoms with Crippen molar-refractivity contribution in [2.75, 3.05) is 18.2 Å². The highest BCUT2D eigenvalue weighted by Gasteiger charge is 2.49. The number of carbonyl (C=O) groups is 2. The van der Waals surface area contributed by atoms with E-state index in [0.717, 1.165) is 5.56 Å². The lowest BCUT2D eigenvalue weighted by Crippen LogP contribution is -2.41. The molecule has 1 amide bonds. The average molecular weight is 365 g/mol. The summed E-state index contributed by atoms with van der Waals surface area (Å²) in [6.07, 6.45) is 2.71. The Hall–Kier alpha value is -3.12. The summed E-state index contributed by atoms with van der Waals surface area (Å²) >= 11 is 0. The molecule has 0 aromatic heterocycles. The first-order chi connectivity index (χ1) is 13.0. The van der Waals surface area contributed by atoms with Crippen molar-refractivity contribution in [2.24, 2.45) is 0 Å². The summed E-state index contributed by atoms with van der Waals surface area (Å²) in [5, 5.41) is 11.0. The van der Waals surface area contributed by atoms with Gasteiger partial charge in [-0.2, -0.15) is 0 Å². The average Bonchev–Trinajstić information content (AvgIpc) is 3.22. The Labute approximate surface area is 156 Å². The number of para-hydroxylation sites is 1. The van der Waals surface area contributed by atoms with Crippen LogP contribution in [0.2, 0.25) is 0 Å². The smallest absolute Gasteiger partial charge is 0.264 e. The summed E-state index contributed by atoms with van der Waals surface area (Å²) in [5.41, 5.74) is 0.0674. The van der Waals surface area contributed by atoms with Gasteiger partial charge in [-0.25, -0.2) is 0 Å². The van der Waals surface area contributed by atoms with Gasteiger partial charge < -0.3 is 19.5 Å². The van der Waals surface area contributed by atoms with Gasteiger partial charge in [-0.05, 0) is 36.8 Å². The van der Waals surface area contributed by atoms with Crippen LogP contribution >= 0.6 is 0 Å². The van der Waals surface area contributed by atoms with Crippen LogP contribution in [0.25, 0.3) is 6.08 Å². The Morgan fingerprint density at radius 1 is 1.22 bits per heavy atom. The molecule has 138 valence electrons. The lowest BCUT2D eigenvalue weighted by atomic mass is 9.89. The zero-order valence-electron chi connectivity index (χ0n) is 14.8. The molecule has 2 aromatic carbocycles. The number of benzene rings is 2. The van der Waals surface area contributed by atoms with Gasteiger partial charge in [0.1, 0.15) is 0 Å². The standard InChI is InChI=1S/C21H19NO5/c1-2-22-17-6-4-3-5-16(17)21(25,20(22)24)12-15(23)9-7-14-8-10-18-19(11-14)27-13-26-18/h3-11,25H,2,12-13H2,1H3/b9-7-/t21-/m0/s1. The summed E-state index contributed by atoms with van der Waals surface area (Å²) in [6, 6.07) is 12.4. The molecular weight excluding hydrogens is 346 g/mol. The van der Waals surface area contributed by atoms with E-state index in [1.165, 1.54) is 11.0 Å². The molecule has 2 aliphatic rings. The zero-order chi connectivity index (χ0) is 19.0. The Balaban J connectivity index is 1.55. The number of anilines is 1. The molecule has 27 heavy (non-hydrogen) atoms. The van der Waals surface area contributed by atoms with Crippen molar-refractivity contribution in [3.8, 4) is 11.5 Å². The Bertz CT molecular complexity index is 951. The van der Waals surface area contributed by atoms with E-state index in [9.17, 15) is 14.7 Å². The first-order valence-electron chi connectivity index (χ1n) is 8.77. The van der Waals surface area contributed by atoms with Gasteiger partial charge in [0.15, 0.2) is 22.9 Å². The summed E-state index contributed by atoms with van der Waals surface area (Å²) in [5.74, 6) is 0.495. The highest BCUT2D eigenvalue weighted by molar-refractivity contribution is 6.10. The summed E-state index contributed by atoms with van der Waals surface area (Å²) in [7, 11) is 0.